The number of aliphatic carboxylic acids is 1. The molecular formula is C10H16O4. The molecule has 1 N–H and O–H groups in total. The van der Waals surface area contributed by atoms with Crippen LogP contribution in [0.15, 0.2) is 11.6 Å². The van der Waals surface area contributed by atoms with Crippen LogP contribution in [0, 0.1) is 0 Å². The average molecular weight is 200 g/mol. The van der Waals surface area contributed by atoms with E-state index in [-0.39, 0.29) is 6.10 Å². The largest absolute Gasteiger partial charge is 0.478 e. The number of rotatable bonds is 4. The summed E-state index contributed by atoms with van der Waals surface area (Å²) in [5.74, 6) is -0.888. The molecule has 0 saturated carbocycles. The third kappa shape index (κ3) is 3.89. The summed E-state index contributed by atoms with van der Waals surface area (Å²) >= 11 is 0. The van der Waals surface area contributed by atoms with Gasteiger partial charge in [0.05, 0.1) is 12.7 Å². The number of hydrogen-bond acceptors (Lipinski definition) is 3. The third-order valence-corrected chi connectivity index (χ3v) is 2.23. The molecule has 0 radical (unpaired) electrons. The summed E-state index contributed by atoms with van der Waals surface area (Å²) in [6.45, 7) is 3.43. The van der Waals surface area contributed by atoms with Crippen molar-refractivity contribution in [3.63, 3.8) is 0 Å². The van der Waals surface area contributed by atoms with Gasteiger partial charge in [0.15, 0.2) is 0 Å². The lowest BCUT2D eigenvalue weighted by Crippen LogP contribution is -2.23. The van der Waals surface area contributed by atoms with Crippen LogP contribution >= 0.6 is 0 Å². The summed E-state index contributed by atoms with van der Waals surface area (Å²) in [6.07, 6.45) is 3.62. The molecule has 1 fully saturated rings. The summed E-state index contributed by atoms with van der Waals surface area (Å²) in [6, 6.07) is 0. The summed E-state index contributed by atoms with van der Waals surface area (Å²) in [7, 11) is 0. The Balaban J connectivity index is 2.19. The van der Waals surface area contributed by atoms with Crippen LogP contribution in [0.25, 0.3) is 0 Å². The van der Waals surface area contributed by atoms with Gasteiger partial charge in [0.25, 0.3) is 0 Å². The first-order valence-electron chi connectivity index (χ1n) is 4.79. The summed E-state index contributed by atoms with van der Waals surface area (Å²) in [5, 5.41) is 8.58. The van der Waals surface area contributed by atoms with Crippen molar-refractivity contribution < 1.29 is 19.4 Å². The lowest BCUT2D eigenvalue weighted by Gasteiger charge is -2.21. The Morgan fingerprint density at radius 1 is 1.57 bits per heavy atom. The number of carboxylic acid groups (broad SMARTS) is 1. The van der Waals surface area contributed by atoms with E-state index in [0.29, 0.717) is 12.2 Å². The molecule has 1 rings (SSSR count). The van der Waals surface area contributed by atoms with E-state index < -0.39 is 5.97 Å². The summed E-state index contributed by atoms with van der Waals surface area (Å²) in [5.41, 5.74) is 0.331. The van der Waals surface area contributed by atoms with Gasteiger partial charge in [-0.1, -0.05) is 0 Å². The van der Waals surface area contributed by atoms with Crippen LogP contribution in [-0.4, -0.2) is 37.0 Å². The molecule has 1 aliphatic rings. The molecule has 4 heteroatoms. The van der Waals surface area contributed by atoms with Crippen molar-refractivity contribution in [3.8, 4) is 0 Å². The Morgan fingerprint density at radius 2 is 2.21 bits per heavy atom. The third-order valence-electron chi connectivity index (χ3n) is 2.23. The molecule has 1 aliphatic heterocycles. The Kier molecular flexibility index (Phi) is 4.62. The fraction of sp³-hybridized carbons (Fsp3) is 0.700. The van der Waals surface area contributed by atoms with Gasteiger partial charge in [-0.3, -0.25) is 0 Å². The standard InChI is InChI=1S/C10H16O4/c1-8(10(11)12)2-7-14-9-3-5-13-6-4-9/h2,9H,3-7H2,1H3,(H,11,12). The predicted molar refractivity (Wildman–Crippen MR) is 51.2 cm³/mol. The SMILES string of the molecule is CC(=CCOC1CCOCC1)C(=O)O. The van der Waals surface area contributed by atoms with E-state index in [9.17, 15) is 4.79 Å². The highest BCUT2D eigenvalue weighted by Crippen LogP contribution is 2.10. The van der Waals surface area contributed by atoms with Crippen molar-refractivity contribution in [1.82, 2.24) is 0 Å². The Bertz CT molecular complexity index is 216. The zero-order chi connectivity index (χ0) is 10.4. The molecule has 0 amide bonds. The highest BCUT2D eigenvalue weighted by Gasteiger charge is 2.13. The van der Waals surface area contributed by atoms with E-state index in [1.54, 1.807) is 13.0 Å². The summed E-state index contributed by atoms with van der Waals surface area (Å²) < 4.78 is 10.7. The molecule has 0 spiro atoms. The number of carbonyl (C=O) groups is 1. The molecule has 1 heterocycles. The Hall–Kier alpha value is -0.870. The van der Waals surface area contributed by atoms with Gasteiger partial charge in [0, 0.05) is 18.8 Å². The second kappa shape index (κ2) is 5.78. The van der Waals surface area contributed by atoms with Crippen LogP contribution < -0.4 is 0 Å². The van der Waals surface area contributed by atoms with Gasteiger partial charge in [0.1, 0.15) is 0 Å². The molecule has 1 saturated heterocycles. The monoisotopic (exact) mass is 200 g/mol. The van der Waals surface area contributed by atoms with Crippen molar-refractivity contribution in [3.05, 3.63) is 11.6 Å². The molecule has 0 aliphatic carbocycles. The van der Waals surface area contributed by atoms with Crippen LogP contribution in [0.1, 0.15) is 19.8 Å². The van der Waals surface area contributed by atoms with Gasteiger partial charge in [-0.15, -0.1) is 0 Å². The lowest BCUT2D eigenvalue weighted by atomic mass is 10.1. The van der Waals surface area contributed by atoms with Gasteiger partial charge in [-0.25, -0.2) is 4.79 Å². The van der Waals surface area contributed by atoms with Crippen molar-refractivity contribution in [2.24, 2.45) is 0 Å². The van der Waals surface area contributed by atoms with E-state index in [2.05, 4.69) is 0 Å². The highest BCUT2D eigenvalue weighted by atomic mass is 16.5. The molecule has 14 heavy (non-hydrogen) atoms. The minimum atomic E-state index is -0.888. The van der Waals surface area contributed by atoms with Gasteiger partial charge in [-0.2, -0.15) is 0 Å². The van der Waals surface area contributed by atoms with Crippen molar-refractivity contribution in [1.29, 1.82) is 0 Å². The van der Waals surface area contributed by atoms with E-state index in [4.69, 9.17) is 14.6 Å². The maximum atomic E-state index is 10.4. The highest BCUT2D eigenvalue weighted by molar-refractivity contribution is 5.85. The fourth-order valence-electron chi connectivity index (χ4n) is 1.24. The molecule has 0 atom stereocenters. The zero-order valence-electron chi connectivity index (χ0n) is 8.36. The molecule has 0 aromatic carbocycles. The average Bonchev–Trinajstić information content (AvgIpc) is 2.19. The number of carboxylic acids is 1. The van der Waals surface area contributed by atoms with E-state index in [0.717, 1.165) is 26.1 Å². The van der Waals surface area contributed by atoms with Gasteiger partial charge in [-0.05, 0) is 25.8 Å². The maximum absolute atomic E-state index is 10.4. The maximum Gasteiger partial charge on any atom is 0.331 e. The zero-order valence-corrected chi connectivity index (χ0v) is 8.36. The number of hydrogen-bond donors (Lipinski definition) is 1. The van der Waals surface area contributed by atoms with Crippen molar-refractivity contribution >= 4 is 5.97 Å². The van der Waals surface area contributed by atoms with E-state index in [1.165, 1.54) is 0 Å². The first kappa shape index (κ1) is 11.2. The first-order valence-corrected chi connectivity index (χ1v) is 4.79. The van der Waals surface area contributed by atoms with Gasteiger partial charge in [0.2, 0.25) is 0 Å². The van der Waals surface area contributed by atoms with E-state index >= 15 is 0 Å². The van der Waals surface area contributed by atoms with Crippen LogP contribution in [0.2, 0.25) is 0 Å². The van der Waals surface area contributed by atoms with Gasteiger partial charge >= 0.3 is 5.97 Å². The molecule has 0 aromatic rings. The second-order valence-corrected chi connectivity index (χ2v) is 3.34. The molecule has 0 bridgehead atoms. The second-order valence-electron chi connectivity index (χ2n) is 3.34. The van der Waals surface area contributed by atoms with Crippen LogP contribution in [-0.2, 0) is 14.3 Å². The Labute approximate surface area is 83.5 Å². The molecule has 80 valence electrons. The molecule has 0 unspecified atom stereocenters. The minimum absolute atomic E-state index is 0.224. The molecule has 0 aromatic heterocycles. The quantitative estimate of drug-likeness (QED) is 0.693. The Morgan fingerprint density at radius 3 is 2.79 bits per heavy atom. The molecular weight excluding hydrogens is 184 g/mol. The molecule has 4 nitrogen and oxygen atoms in total. The normalized spacial score (nSPS) is 19.6. The summed E-state index contributed by atoms with van der Waals surface area (Å²) in [4.78, 5) is 10.4. The lowest BCUT2D eigenvalue weighted by molar-refractivity contribution is -0.132. The van der Waals surface area contributed by atoms with Crippen LogP contribution in [0.3, 0.4) is 0 Å². The number of ether oxygens (including phenoxy) is 2. The first-order chi connectivity index (χ1) is 6.70. The van der Waals surface area contributed by atoms with Crippen molar-refractivity contribution in [2.45, 2.75) is 25.9 Å². The van der Waals surface area contributed by atoms with Gasteiger partial charge < -0.3 is 14.6 Å². The van der Waals surface area contributed by atoms with Crippen LogP contribution in [0.4, 0.5) is 0 Å². The minimum Gasteiger partial charge on any atom is -0.478 e. The topological polar surface area (TPSA) is 55.8 Å². The van der Waals surface area contributed by atoms with E-state index in [1.807, 2.05) is 0 Å². The van der Waals surface area contributed by atoms with Crippen molar-refractivity contribution in [2.75, 3.05) is 19.8 Å². The van der Waals surface area contributed by atoms with Crippen LogP contribution in [0.5, 0.6) is 0 Å². The smallest absolute Gasteiger partial charge is 0.331 e. The predicted octanol–water partition coefficient (Wildman–Crippen LogP) is 1.21. The fourth-order valence-corrected chi connectivity index (χ4v) is 1.24.